The molecule has 0 N–H and O–H groups in total. The van der Waals surface area contributed by atoms with Gasteiger partial charge in [-0.05, 0) is 0 Å². The molecule has 1 unspecified atom stereocenters. The van der Waals surface area contributed by atoms with Gasteiger partial charge in [-0.3, -0.25) is 0 Å². The van der Waals surface area contributed by atoms with Crippen molar-refractivity contribution in [2.24, 2.45) is 0 Å². The second kappa shape index (κ2) is 3.78. The van der Waals surface area contributed by atoms with Crippen LogP contribution in [0, 0.1) is 0 Å². The van der Waals surface area contributed by atoms with Gasteiger partial charge in [-0.2, -0.15) is 0 Å². The minimum Gasteiger partial charge on any atom is -0.428 e. The Hall–Kier alpha value is 0.605. The van der Waals surface area contributed by atoms with Crippen LogP contribution in [0.1, 0.15) is 0 Å². The molecule has 0 saturated carbocycles. The fourth-order valence-electron chi connectivity index (χ4n) is 0.0630. The van der Waals surface area contributed by atoms with Gasteiger partial charge in [0.25, 0.3) is 8.05 Å². The van der Waals surface area contributed by atoms with E-state index in [0.717, 1.165) is 0 Å². The van der Waals surface area contributed by atoms with E-state index in [1.165, 1.54) is 8.05 Å². The van der Waals surface area contributed by atoms with Gasteiger partial charge in [0.2, 0.25) is 0 Å². The third-order valence-corrected chi connectivity index (χ3v) is 1.15. The van der Waals surface area contributed by atoms with E-state index < -0.39 is 0 Å². The van der Waals surface area contributed by atoms with Crippen molar-refractivity contribution in [2.75, 3.05) is 5.88 Å². The monoisotopic (exact) mass is 126 g/mol. The van der Waals surface area contributed by atoms with Gasteiger partial charge in [-0.15, -0.1) is 11.6 Å². The molecule has 0 aliphatic heterocycles. The van der Waals surface area contributed by atoms with Crippen LogP contribution in [-0.2, 0) is 4.65 Å². The van der Waals surface area contributed by atoms with Gasteiger partial charge >= 0.3 is 0 Å². The van der Waals surface area contributed by atoms with Gasteiger partial charge in [-0.1, -0.05) is 11.6 Å². The first kappa shape index (κ1) is 6.60. The molecule has 0 radical (unpaired) electrons. The Morgan fingerprint density at radius 2 is 2.33 bits per heavy atom. The summed E-state index contributed by atoms with van der Waals surface area (Å²) in [5, 5.41) is 0. The summed E-state index contributed by atoms with van der Waals surface area (Å²) in [6, 6.07) is 0. The smallest absolute Gasteiger partial charge is 0.259 e. The predicted octanol–water partition coefficient (Wildman–Crippen LogP) is 0.355. The number of hydrogen-bond donors (Lipinski definition) is 0. The Morgan fingerprint density at radius 1 is 1.83 bits per heavy atom. The minimum absolute atomic E-state index is 0.327. The van der Waals surface area contributed by atoms with Crippen LogP contribution >= 0.6 is 23.2 Å². The normalized spacial score (nSPS) is 14.3. The zero-order valence-corrected chi connectivity index (χ0v) is 4.96. The van der Waals surface area contributed by atoms with Crippen LogP contribution in [0.5, 0.6) is 0 Å². The standard InChI is InChI=1S/C2H5BCl2O/c3-6-2(5)1-4/h2H,1,3H2. The van der Waals surface area contributed by atoms with E-state index in [9.17, 15) is 0 Å². The SMILES string of the molecule is BOC(Cl)CCl. The summed E-state index contributed by atoms with van der Waals surface area (Å²) in [6.07, 6.45) is 0. The minimum atomic E-state index is -0.327. The van der Waals surface area contributed by atoms with Crippen LogP contribution in [0.3, 0.4) is 0 Å². The van der Waals surface area contributed by atoms with E-state index in [2.05, 4.69) is 4.65 Å². The summed E-state index contributed by atoms with van der Waals surface area (Å²) < 4.78 is 4.53. The van der Waals surface area contributed by atoms with E-state index in [-0.39, 0.29) is 5.56 Å². The molecule has 1 nitrogen and oxygen atoms in total. The van der Waals surface area contributed by atoms with Crippen LogP contribution < -0.4 is 0 Å². The number of hydrogen-bond acceptors (Lipinski definition) is 1. The van der Waals surface area contributed by atoms with Gasteiger partial charge in [0, 0.05) is 0 Å². The summed E-state index contributed by atoms with van der Waals surface area (Å²) in [7, 11) is 1.51. The third kappa shape index (κ3) is 2.82. The molecule has 0 heterocycles. The zero-order valence-electron chi connectivity index (χ0n) is 3.45. The Kier molecular flexibility index (Phi) is 4.16. The molecule has 0 amide bonds. The van der Waals surface area contributed by atoms with Crippen LogP contribution in [0.15, 0.2) is 0 Å². The van der Waals surface area contributed by atoms with Crippen molar-refractivity contribution < 1.29 is 4.65 Å². The first-order valence-electron chi connectivity index (χ1n) is 1.54. The first-order chi connectivity index (χ1) is 2.81. The van der Waals surface area contributed by atoms with Gasteiger partial charge in [0.05, 0.1) is 5.88 Å². The average molecular weight is 127 g/mol. The van der Waals surface area contributed by atoms with E-state index in [4.69, 9.17) is 23.2 Å². The topological polar surface area (TPSA) is 9.23 Å². The second-order valence-electron chi connectivity index (χ2n) is 0.800. The van der Waals surface area contributed by atoms with Crippen molar-refractivity contribution in [1.82, 2.24) is 0 Å². The Morgan fingerprint density at radius 3 is 2.33 bits per heavy atom. The molecule has 0 aromatic rings. The number of alkyl halides is 2. The van der Waals surface area contributed by atoms with Crippen molar-refractivity contribution in [3.8, 4) is 0 Å². The molecule has 0 aliphatic rings. The Bertz CT molecular complexity index is 30.7. The van der Waals surface area contributed by atoms with E-state index in [1.807, 2.05) is 0 Å². The highest BCUT2D eigenvalue weighted by molar-refractivity contribution is 6.28. The molecule has 0 saturated heterocycles. The van der Waals surface area contributed by atoms with E-state index >= 15 is 0 Å². The molecule has 4 heteroatoms. The van der Waals surface area contributed by atoms with Crippen LogP contribution in [0.25, 0.3) is 0 Å². The summed E-state index contributed by atoms with van der Waals surface area (Å²) in [5.41, 5.74) is -0.327. The first-order valence-corrected chi connectivity index (χ1v) is 2.51. The summed E-state index contributed by atoms with van der Waals surface area (Å²) in [5.74, 6) is 0.345. The molecule has 0 aromatic carbocycles. The maximum atomic E-state index is 5.30. The fraction of sp³-hybridized carbons (Fsp3) is 1.00. The predicted molar refractivity (Wildman–Crippen MR) is 30.0 cm³/mol. The molecule has 6 heavy (non-hydrogen) atoms. The second-order valence-corrected chi connectivity index (χ2v) is 1.60. The van der Waals surface area contributed by atoms with Gasteiger partial charge < -0.3 is 4.65 Å². The molecule has 36 valence electrons. The maximum Gasteiger partial charge on any atom is 0.259 e. The lowest BCUT2D eigenvalue weighted by molar-refractivity contribution is 0.335. The van der Waals surface area contributed by atoms with Crippen molar-refractivity contribution in [2.45, 2.75) is 5.56 Å². The number of halogens is 2. The highest BCUT2D eigenvalue weighted by atomic mass is 35.5. The highest BCUT2D eigenvalue weighted by Gasteiger charge is 1.93. The molecule has 0 bridgehead atoms. The molecular formula is C2H5BCl2O. The van der Waals surface area contributed by atoms with Gasteiger partial charge in [0.15, 0.2) is 0 Å². The Labute approximate surface area is 48.0 Å². The molecular weight excluding hydrogens is 122 g/mol. The van der Waals surface area contributed by atoms with E-state index in [0.29, 0.717) is 5.88 Å². The zero-order chi connectivity index (χ0) is 4.99. The Balaban J connectivity index is 2.75. The van der Waals surface area contributed by atoms with Gasteiger partial charge in [-0.25, -0.2) is 0 Å². The lowest BCUT2D eigenvalue weighted by Crippen LogP contribution is -2.02. The van der Waals surface area contributed by atoms with Crippen molar-refractivity contribution >= 4 is 31.3 Å². The quantitative estimate of drug-likeness (QED) is 0.384. The molecule has 0 rings (SSSR count). The summed E-state index contributed by atoms with van der Waals surface area (Å²) >= 11 is 10.5. The summed E-state index contributed by atoms with van der Waals surface area (Å²) in [6.45, 7) is 0. The van der Waals surface area contributed by atoms with Crippen LogP contribution in [0.2, 0.25) is 0 Å². The van der Waals surface area contributed by atoms with Crippen LogP contribution in [0.4, 0.5) is 0 Å². The lowest BCUT2D eigenvalue weighted by Gasteiger charge is -1.98. The third-order valence-electron chi connectivity index (χ3n) is 0.377. The molecule has 0 aliphatic carbocycles. The average Bonchev–Trinajstić information content (AvgIpc) is 1.65. The largest absolute Gasteiger partial charge is 0.428 e. The number of rotatable bonds is 2. The summed E-state index contributed by atoms with van der Waals surface area (Å²) in [4.78, 5) is 0. The molecule has 1 atom stereocenters. The molecule has 0 fully saturated rings. The van der Waals surface area contributed by atoms with E-state index in [1.54, 1.807) is 0 Å². The maximum absolute atomic E-state index is 5.30. The fourth-order valence-corrected chi connectivity index (χ4v) is 0.189. The molecule has 0 aromatic heterocycles. The van der Waals surface area contributed by atoms with Crippen LogP contribution in [-0.4, -0.2) is 19.5 Å². The van der Waals surface area contributed by atoms with Crippen molar-refractivity contribution in [1.29, 1.82) is 0 Å². The van der Waals surface area contributed by atoms with Crippen molar-refractivity contribution in [3.63, 3.8) is 0 Å². The van der Waals surface area contributed by atoms with Crippen molar-refractivity contribution in [3.05, 3.63) is 0 Å². The molecule has 0 spiro atoms. The lowest BCUT2D eigenvalue weighted by atomic mass is 10.6. The van der Waals surface area contributed by atoms with Gasteiger partial charge in [0.1, 0.15) is 5.56 Å². The highest BCUT2D eigenvalue weighted by Crippen LogP contribution is 1.95.